The monoisotopic (exact) mass is 489 g/mol. The minimum atomic E-state index is -4.52. The Hall–Kier alpha value is -3.21. The molecule has 12 heteroatoms. The first-order valence-electron chi connectivity index (χ1n) is 10.8. The summed E-state index contributed by atoms with van der Waals surface area (Å²) in [7, 11) is 0. The molecule has 0 radical (unpaired) electrons. The Labute approximate surface area is 197 Å². The van der Waals surface area contributed by atoms with E-state index in [2.05, 4.69) is 25.5 Å². The second-order valence-electron chi connectivity index (χ2n) is 9.18. The second-order valence-corrected chi connectivity index (χ2v) is 9.59. The Morgan fingerprint density at radius 3 is 2.71 bits per heavy atom. The number of aryl methyl sites for hydroxylation is 1. The second kappa shape index (κ2) is 7.14. The van der Waals surface area contributed by atoms with Gasteiger partial charge in [-0.2, -0.15) is 23.4 Å². The number of hydrogen-bond acceptors (Lipinski definition) is 6. The molecule has 4 heterocycles. The largest absolute Gasteiger partial charge is 0.417 e. The van der Waals surface area contributed by atoms with Gasteiger partial charge in [-0.05, 0) is 49.3 Å². The molecule has 1 N–H and O–H groups in total. The maximum absolute atomic E-state index is 13.7. The molecule has 3 aromatic rings. The van der Waals surface area contributed by atoms with Gasteiger partial charge in [0.05, 0.1) is 29.0 Å². The van der Waals surface area contributed by atoms with Crippen LogP contribution in [0.3, 0.4) is 0 Å². The molecule has 3 aromatic heterocycles. The summed E-state index contributed by atoms with van der Waals surface area (Å²) >= 11 is 6.11. The number of alkyl halides is 3. The zero-order valence-electron chi connectivity index (χ0n) is 17.9. The van der Waals surface area contributed by atoms with Crippen LogP contribution in [0.25, 0.3) is 5.69 Å². The smallest absolute Gasteiger partial charge is 0.364 e. The van der Waals surface area contributed by atoms with Crippen molar-refractivity contribution in [2.24, 2.45) is 11.3 Å². The highest BCUT2D eigenvalue weighted by Crippen LogP contribution is 2.71. The van der Waals surface area contributed by atoms with Gasteiger partial charge in [-0.3, -0.25) is 4.79 Å². The van der Waals surface area contributed by atoms with E-state index in [-0.39, 0.29) is 39.9 Å². The molecule has 3 aliphatic rings. The van der Waals surface area contributed by atoms with Gasteiger partial charge in [0.1, 0.15) is 11.5 Å². The Balaban J connectivity index is 1.28. The summed E-state index contributed by atoms with van der Waals surface area (Å²) in [5, 5.41) is 11.4. The van der Waals surface area contributed by atoms with E-state index in [0.29, 0.717) is 23.8 Å². The Morgan fingerprint density at radius 2 is 2.00 bits per heavy atom. The molecule has 1 aliphatic heterocycles. The summed E-state index contributed by atoms with van der Waals surface area (Å²) in [5.41, 5.74) is 0.593. The first-order chi connectivity index (χ1) is 16.2. The van der Waals surface area contributed by atoms with Crippen LogP contribution in [0, 0.1) is 18.3 Å². The predicted molar refractivity (Wildman–Crippen MR) is 116 cm³/mol. The summed E-state index contributed by atoms with van der Waals surface area (Å²) in [6.07, 6.45) is 1.14. The number of nitrogens with one attached hydrogen (secondary N) is 1. The molecule has 4 atom stereocenters. The van der Waals surface area contributed by atoms with Crippen molar-refractivity contribution in [2.75, 3.05) is 11.9 Å². The van der Waals surface area contributed by atoms with Crippen molar-refractivity contribution >= 4 is 23.3 Å². The molecule has 176 valence electrons. The molecule has 2 aliphatic carbocycles. The number of halogens is 4. The highest BCUT2D eigenvalue weighted by atomic mass is 35.5. The van der Waals surface area contributed by atoms with Gasteiger partial charge in [0.25, 0.3) is 5.91 Å². The van der Waals surface area contributed by atoms with Crippen LogP contribution in [0.4, 0.5) is 19.0 Å². The third kappa shape index (κ3) is 3.17. The van der Waals surface area contributed by atoms with Crippen molar-refractivity contribution in [2.45, 2.75) is 38.0 Å². The third-order valence-electron chi connectivity index (χ3n) is 7.20. The summed E-state index contributed by atoms with van der Waals surface area (Å²) in [4.78, 5) is 25.3. The van der Waals surface area contributed by atoms with Crippen LogP contribution < -0.4 is 5.32 Å². The molecule has 0 aromatic carbocycles. The number of likely N-dealkylation sites (tertiary alicyclic amines) is 1. The molecule has 0 bridgehead atoms. The van der Waals surface area contributed by atoms with Crippen LogP contribution in [-0.4, -0.2) is 54.4 Å². The van der Waals surface area contributed by atoms with Crippen molar-refractivity contribution in [1.82, 2.24) is 29.9 Å². The summed E-state index contributed by atoms with van der Waals surface area (Å²) < 4.78 is 38.9. The van der Waals surface area contributed by atoms with E-state index >= 15 is 0 Å². The summed E-state index contributed by atoms with van der Waals surface area (Å²) in [6.45, 7) is 2.42. The van der Waals surface area contributed by atoms with E-state index in [4.69, 9.17) is 11.6 Å². The van der Waals surface area contributed by atoms with Gasteiger partial charge in [0.15, 0.2) is 5.69 Å². The fourth-order valence-electron chi connectivity index (χ4n) is 5.58. The lowest BCUT2D eigenvalue weighted by Gasteiger charge is -2.48. The van der Waals surface area contributed by atoms with Crippen molar-refractivity contribution in [3.8, 4) is 5.69 Å². The zero-order valence-corrected chi connectivity index (χ0v) is 18.7. The molecule has 6 rings (SSSR count). The van der Waals surface area contributed by atoms with Crippen molar-refractivity contribution in [3.05, 3.63) is 58.8 Å². The Kier molecular flexibility index (Phi) is 4.48. The Bertz CT molecular complexity index is 1300. The quantitative estimate of drug-likeness (QED) is 0.600. The molecule has 1 saturated heterocycles. The van der Waals surface area contributed by atoms with Gasteiger partial charge < -0.3 is 10.2 Å². The predicted octanol–water partition coefficient (Wildman–Crippen LogP) is 3.75. The van der Waals surface area contributed by atoms with Crippen LogP contribution in [0.1, 0.15) is 34.6 Å². The number of anilines is 1. The SMILES string of the molecule is Cc1ccc(-n2nccn2)c(C(=O)N2CC3CC34CC(Nc3ncc(C(F)(F)F)cc3Cl)C24)n1. The summed E-state index contributed by atoms with van der Waals surface area (Å²) in [5.74, 6) is 0.373. The number of carbonyl (C=O) groups is 1. The number of pyridine rings is 2. The number of amides is 1. The molecular formula is C22H19ClF3N7O. The minimum Gasteiger partial charge on any atom is -0.364 e. The maximum Gasteiger partial charge on any atom is 0.417 e. The van der Waals surface area contributed by atoms with Crippen LogP contribution in [0.15, 0.2) is 36.8 Å². The number of piperidine rings is 1. The minimum absolute atomic E-state index is 0.0413. The van der Waals surface area contributed by atoms with Gasteiger partial charge in [0, 0.05) is 24.5 Å². The Morgan fingerprint density at radius 1 is 1.24 bits per heavy atom. The number of aromatic nitrogens is 5. The number of nitrogens with zero attached hydrogens (tertiary/aromatic N) is 6. The van der Waals surface area contributed by atoms with Gasteiger partial charge in [-0.15, -0.1) is 4.80 Å². The van der Waals surface area contributed by atoms with Gasteiger partial charge in [0.2, 0.25) is 0 Å². The number of hydrogen-bond donors (Lipinski definition) is 1. The molecule has 3 fully saturated rings. The van der Waals surface area contributed by atoms with E-state index in [9.17, 15) is 18.0 Å². The first-order valence-corrected chi connectivity index (χ1v) is 11.2. The zero-order chi connectivity index (χ0) is 23.8. The van der Waals surface area contributed by atoms with Gasteiger partial charge in [-0.25, -0.2) is 9.97 Å². The number of carbonyl (C=O) groups excluding carboxylic acids is 1. The van der Waals surface area contributed by atoms with Crippen LogP contribution in [0.5, 0.6) is 0 Å². The number of rotatable bonds is 4. The van der Waals surface area contributed by atoms with Crippen molar-refractivity contribution < 1.29 is 18.0 Å². The topological polar surface area (TPSA) is 88.8 Å². The normalized spacial score (nSPS) is 27.1. The van der Waals surface area contributed by atoms with Crippen LogP contribution in [0.2, 0.25) is 5.02 Å². The lowest BCUT2D eigenvalue weighted by Crippen LogP contribution is -2.60. The van der Waals surface area contributed by atoms with Crippen LogP contribution in [-0.2, 0) is 6.18 Å². The molecule has 1 spiro atoms. The molecular weight excluding hydrogens is 471 g/mol. The molecule has 4 unspecified atom stereocenters. The maximum atomic E-state index is 13.7. The standard InChI is InChI=1S/C22H19ClF3N7O/c1-11-2-3-16(33-28-4-5-29-33)17(30-11)20(34)32-10-13-7-21(13)8-15(18(21)32)31-19-14(23)6-12(9-27-19)22(24,25)26/h2-6,9,13,15,18H,7-8,10H2,1H3,(H,27,31). The highest BCUT2D eigenvalue weighted by molar-refractivity contribution is 6.33. The summed E-state index contributed by atoms with van der Waals surface area (Å²) in [6, 6.07) is 4.14. The third-order valence-corrected chi connectivity index (χ3v) is 7.49. The van der Waals surface area contributed by atoms with E-state index < -0.39 is 11.7 Å². The molecule has 1 amide bonds. The fourth-order valence-corrected chi connectivity index (χ4v) is 5.80. The van der Waals surface area contributed by atoms with Gasteiger partial charge in [-0.1, -0.05) is 11.6 Å². The van der Waals surface area contributed by atoms with Gasteiger partial charge >= 0.3 is 6.18 Å². The van der Waals surface area contributed by atoms with Crippen molar-refractivity contribution in [3.63, 3.8) is 0 Å². The lowest BCUT2D eigenvalue weighted by molar-refractivity contribution is -0.137. The fraction of sp³-hybridized carbons (Fsp3) is 0.409. The van der Waals surface area contributed by atoms with E-state index in [1.807, 2.05) is 11.8 Å². The van der Waals surface area contributed by atoms with E-state index in [1.165, 1.54) is 17.2 Å². The molecule has 2 saturated carbocycles. The highest BCUT2D eigenvalue weighted by Gasteiger charge is 2.75. The first kappa shape index (κ1) is 21.3. The lowest BCUT2D eigenvalue weighted by atomic mass is 9.71. The molecule has 34 heavy (non-hydrogen) atoms. The molecule has 8 nitrogen and oxygen atoms in total. The van der Waals surface area contributed by atoms with Crippen molar-refractivity contribution in [1.29, 1.82) is 0 Å². The average molecular weight is 490 g/mol. The van der Waals surface area contributed by atoms with E-state index in [1.54, 1.807) is 12.1 Å². The van der Waals surface area contributed by atoms with Crippen LogP contribution >= 0.6 is 11.6 Å². The average Bonchev–Trinajstić information content (AvgIpc) is 3.14. The van der Waals surface area contributed by atoms with E-state index in [0.717, 1.165) is 25.1 Å².